The Kier molecular flexibility index (Phi) is 3.89. The van der Waals surface area contributed by atoms with Gasteiger partial charge in [0.05, 0.1) is 16.2 Å². The van der Waals surface area contributed by atoms with E-state index >= 15 is 0 Å². The van der Waals surface area contributed by atoms with Crippen LogP contribution in [0.1, 0.15) is 16.2 Å². The van der Waals surface area contributed by atoms with E-state index in [1.165, 1.54) is 18.5 Å². The molecule has 2 rings (SSSR count). The van der Waals surface area contributed by atoms with Gasteiger partial charge in [-0.2, -0.15) is 4.98 Å². The molecule has 0 spiro atoms. The largest absolute Gasteiger partial charge is 0.478 e. The molecule has 0 aliphatic heterocycles. The fraction of sp³-hybridized carbons (Fsp3) is 0.182. The Morgan fingerprint density at radius 3 is 2.90 bits per heavy atom. The van der Waals surface area contributed by atoms with Gasteiger partial charge in [0.25, 0.3) is 5.69 Å². The van der Waals surface area contributed by atoms with Crippen molar-refractivity contribution in [2.45, 2.75) is 6.42 Å². The minimum atomic E-state index is -1.16. The zero-order valence-corrected chi connectivity index (χ0v) is 10.1. The van der Waals surface area contributed by atoms with Gasteiger partial charge in [0.15, 0.2) is 5.82 Å². The molecular weight excluding hydrogens is 268 g/mol. The van der Waals surface area contributed by atoms with Crippen molar-refractivity contribution < 1.29 is 19.3 Å². The first-order valence-corrected chi connectivity index (χ1v) is 5.59. The maximum absolute atomic E-state index is 11.0. The molecule has 9 heteroatoms. The van der Waals surface area contributed by atoms with E-state index in [-0.39, 0.29) is 16.9 Å². The minimum Gasteiger partial charge on any atom is -0.478 e. The van der Waals surface area contributed by atoms with Crippen LogP contribution >= 0.6 is 0 Å². The van der Waals surface area contributed by atoms with Crippen LogP contribution in [0.3, 0.4) is 0 Å². The fourth-order valence-electron chi connectivity index (χ4n) is 1.59. The number of nitro groups is 1. The number of nitrogens with one attached hydrogen (secondary N) is 1. The summed E-state index contributed by atoms with van der Waals surface area (Å²) in [6, 6.07) is 3.52. The van der Waals surface area contributed by atoms with Gasteiger partial charge in [0, 0.05) is 25.1 Å². The number of non-ortho nitro benzene ring substituents is 1. The van der Waals surface area contributed by atoms with Crippen LogP contribution in [0.15, 0.2) is 29.1 Å². The molecule has 9 nitrogen and oxygen atoms in total. The molecule has 0 atom stereocenters. The van der Waals surface area contributed by atoms with Gasteiger partial charge in [0.1, 0.15) is 0 Å². The highest BCUT2D eigenvalue weighted by Crippen LogP contribution is 2.22. The van der Waals surface area contributed by atoms with Gasteiger partial charge in [-0.15, -0.1) is 0 Å². The number of anilines is 1. The molecule has 1 aromatic heterocycles. The quantitative estimate of drug-likeness (QED) is 0.597. The third kappa shape index (κ3) is 3.07. The Morgan fingerprint density at radius 2 is 2.30 bits per heavy atom. The van der Waals surface area contributed by atoms with Crippen LogP contribution in [0.25, 0.3) is 0 Å². The molecule has 0 bridgehead atoms. The van der Waals surface area contributed by atoms with Crippen LogP contribution in [0.4, 0.5) is 11.4 Å². The second-order valence-electron chi connectivity index (χ2n) is 3.82. The van der Waals surface area contributed by atoms with Crippen LogP contribution in [0.2, 0.25) is 0 Å². The third-order valence-corrected chi connectivity index (χ3v) is 2.52. The number of hydrogen-bond acceptors (Lipinski definition) is 7. The van der Waals surface area contributed by atoms with Gasteiger partial charge >= 0.3 is 5.97 Å². The Hall–Kier alpha value is -2.97. The van der Waals surface area contributed by atoms with Crippen molar-refractivity contribution in [1.29, 1.82) is 0 Å². The van der Waals surface area contributed by atoms with Gasteiger partial charge in [-0.3, -0.25) is 10.1 Å². The van der Waals surface area contributed by atoms with E-state index < -0.39 is 10.9 Å². The molecule has 104 valence electrons. The highest BCUT2D eigenvalue weighted by Gasteiger charge is 2.15. The number of benzene rings is 1. The van der Waals surface area contributed by atoms with E-state index in [4.69, 9.17) is 5.11 Å². The van der Waals surface area contributed by atoms with E-state index in [1.807, 2.05) is 0 Å². The minimum absolute atomic E-state index is 0.0382. The Bertz CT molecular complexity index is 626. The molecular formula is C11H10N4O5. The number of carboxylic acid groups (broad SMARTS) is 1. The van der Waals surface area contributed by atoms with Crippen LogP contribution in [0.5, 0.6) is 0 Å². The molecule has 0 radical (unpaired) electrons. The van der Waals surface area contributed by atoms with Crippen molar-refractivity contribution in [1.82, 2.24) is 10.1 Å². The molecule has 0 amide bonds. The molecule has 0 aliphatic rings. The number of rotatable bonds is 6. The summed E-state index contributed by atoms with van der Waals surface area (Å²) in [6.07, 6.45) is 1.59. The number of nitrogens with zero attached hydrogens (tertiary/aromatic N) is 3. The van der Waals surface area contributed by atoms with Crippen molar-refractivity contribution in [2.75, 3.05) is 11.9 Å². The summed E-state index contributed by atoms with van der Waals surface area (Å²) in [5, 5.41) is 26.1. The van der Waals surface area contributed by atoms with E-state index in [9.17, 15) is 14.9 Å². The van der Waals surface area contributed by atoms with Gasteiger partial charge in [-0.05, 0) is 6.07 Å². The molecule has 2 N–H and O–H groups in total. The molecule has 0 aliphatic carbocycles. The Balaban J connectivity index is 2.13. The van der Waals surface area contributed by atoms with Crippen LogP contribution in [-0.2, 0) is 6.42 Å². The maximum atomic E-state index is 11.0. The van der Waals surface area contributed by atoms with Crippen molar-refractivity contribution in [2.24, 2.45) is 0 Å². The van der Waals surface area contributed by atoms with Crippen LogP contribution in [-0.4, -0.2) is 32.7 Å². The van der Waals surface area contributed by atoms with Gasteiger partial charge in [0.2, 0.25) is 6.39 Å². The first-order valence-electron chi connectivity index (χ1n) is 5.59. The molecule has 0 saturated carbocycles. The molecule has 0 fully saturated rings. The van der Waals surface area contributed by atoms with E-state index in [0.29, 0.717) is 18.8 Å². The molecule has 0 unspecified atom stereocenters. The monoisotopic (exact) mass is 278 g/mol. The van der Waals surface area contributed by atoms with Crippen molar-refractivity contribution >= 4 is 17.3 Å². The standard InChI is InChI=1S/C11H10N4O5/c16-11(17)8-2-1-7(15(18)19)5-9(8)12-4-3-10-13-6-20-14-10/h1-2,5-6,12H,3-4H2,(H,16,17). The average Bonchev–Trinajstić information content (AvgIpc) is 2.91. The van der Waals surface area contributed by atoms with Gasteiger partial charge in [-0.25, -0.2) is 4.79 Å². The lowest BCUT2D eigenvalue weighted by Crippen LogP contribution is -2.10. The first-order chi connectivity index (χ1) is 9.58. The third-order valence-electron chi connectivity index (χ3n) is 2.52. The molecule has 0 saturated heterocycles. The van der Waals surface area contributed by atoms with E-state index in [0.717, 1.165) is 6.07 Å². The summed E-state index contributed by atoms with van der Waals surface area (Å²) in [4.78, 5) is 25.0. The highest BCUT2D eigenvalue weighted by atomic mass is 16.6. The SMILES string of the molecule is O=C(O)c1ccc([N+](=O)[O-])cc1NCCc1ncon1. The second-order valence-corrected chi connectivity index (χ2v) is 3.82. The zero-order chi connectivity index (χ0) is 14.5. The molecule has 1 heterocycles. The van der Waals surface area contributed by atoms with Gasteiger partial charge < -0.3 is 14.9 Å². The lowest BCUT2D eigenvalue weighted by Gasteiger charge is -2.08. The Labute approximate surface area is 112 Å². The first kappa shape index (κ1) is 13.5. The summed E-state index contributed by atoms with van der Waals surface area (Å²) in [7, 11) is 0. The molecule has 20 heavy (non-hydrogen) atoms. The fourth-order valence-corrected chi connectivity index (χ4v) is 1.59. The summed E-state index contributed by atoms with van der Waals surface area (Å²) in [6.45, 7) is 0.320. The number of hydrogen-bond donors (Lipinski definition) is 2. The smallest absolute Gasteiger partial charge is 0.337 e. The Morgan fingerprint density at radius 1 is 1.50 bits per heavy atom. The summed E-state index contributed by atoms with van der Waals surface area (Å²) < 4.78 is 4.56. The number of carbonyl (C=O) groups is 1. The zero-order valence-electron chi connectivity index (χ0n) is 10.1. The maximum Gasteiger partial charge on any atom is 0.337 e. The molecule has 2 aromatic rings. The predicted molar refractivity (Wildman–Crippen MR) is 66.5 cm³/mol. The number of aromatic carboxylic acids is 1. The van der Waals surface area contributed by atoms with Gasteiger partial charge in [-0.1, -0.05) is 5.16 Å². The van der Waals surface area contributed by atoms with Crippen molar-refractivity contribution in [3.63, 3.8) is 0 Å². The van der Waals surface area contributed by atoms with Crippen molar-refractivity contribution in [3.8, 4) is 0 Å². The van der Waals surface area contributed by atoms with Crippen LogP contribution < -0.4 is 5.32 Å². The van der Waals surface area contributed by atoms with Crippen LogP contribution in [0, 0.1) is 10.1 Å². The van der Waals surface area contributed by atoms with Crippen molar-refractivity contribution in [3.05, 3.63) is 46.1 Å². The van der Waals surface area contributed by atoms with E-state index in [1.54, 1.807) is 0 Å². The number of nitro benzene ring substituents is 1. The lowest BCUT2D eigenvalue weighted by molar-refractivity contribution is -0.384. The number of aromatic nitrogens is 2. The lowest BCUT2D eigenvalue weighted by atomic mass is 10.1. The number of carboxylic acids is 1. The summed E-state index contributed by atoms with van der Waals surface area (Å²) in [5.74, 6) is -0.707. The highest BCUT2D eigenvalue weighted by molar-refractivity contribution is 5.94. The molecule has 1 aromatic carbocycles. The topological polar surface area (TPSA) is 131 Å². The second kappa shape index (κ2) is 5.78. The normalized spacial score (nSPS) is 10.2. The average molecular weight is 278 g/mol. The summed E-state index contributed by atoms with van der Waals surface area (Å²) >= 11 is 0. The predicted octanol–water partition coefficient (Wildman–Crippen LogP) is 1.33. The van der Waals surface area contributed by atoms with E-state index in [2.05, 4.69) is 20.0 Å². The summed E-state index contributed by atoms with van der Waals surface area (Å²) in [5.41, 5.74) is -0.0454.